The van der Waals surface area contributed by atoms with Crippen LogP contribution in [0.5, 0.6) is 0 Å². The standard InChI is InChI=1S/C20H38O2/c1-9-12-14(5)19(13(4)10-2)22-20-17(8)15(6)16(7)18(11-3)21-20/h9,12-20H,10-11H2,1-8H3/b12-9-/t13?,14?,15?,16?,17?,18?,19?,20-/m0/s1. The van der Waals surface area contributed by atoms with Gasteiger partial charge in [0.25, 0.3) is 0 Å². The fourth-order valence-electron chi connectivity index (χ4n) is 3.69. The van der Waals surface area contributed by atoms with Crippen LogP contribution < -0.4 is 0 Å². The number of hydrogen-bond donors (Lipinski definition) is 0. The average molecular weight is 311 g/mol. The van der Waals surface area contributed by atoms with Crippen LogP contribution in [0.2, 0.25) is 0 Å². The molecule has 1 fully saturated rings. The summed E-state index contributed by atoms with van der Waals surface area (Å²) in [5.74, 6) is 2.65. The van der Waals surface area contributed by atoms with E-state index >= 15 is 0 Å². The fraction of sp³-hybridized carbons (Fsp3) is 0.900. The van der Waals surface area contributed by atoms with Crippen molar-refractivity contribution in [2.75, 3.05) is 0 Å². The summed E-state index contributed by atoms with van der Waals surface area (Å²) in [7, 11) is 0. The van der Waals surface area contributed by atoms with Crippen LogP contribution in [-0.2, 0) is 9.47 Å². The van der Waals surface area contributed by atoms with Gasteiger partial charge in [-0.1, -0.05) is 67.0 Å². The van der Waals surface area contributed by atoms with Gasteiger partial charge in [0, 0.05) is 11.8 Å². The van der Waals surface area contributed by atoms with Gasteiger partial charge in [0.1, 0.15) is 0 Å². The molecule has 0 saturated carbocycles. The molecule has 22 heavy (non-hydrogen) atoms. The van der Waals surface area contributed by atoms with Crippen molar-refractivity contribution in [1.82, 2.24) is 0 Å². The molecule has 130 valence electrons. The van der Waals surface area contributed by atoms with Gasteiger partial charge < -0.3 is 9.47 Å². The molecule has 0 aliphatic carbocycles. The Labute approximate surface area is 138 Å². The molecular weight excluding hydrogens is 272 g/mol. The van der Waals surface area contributed by atoms with Crippen LogP contribution in [0, 0.1) is 29.6 Å². The maximum Gasteiger partial charge on any atom is 0.161 e. The van der Waals surface area contributed by atoms with Crippen molar-refractivity contribution in [2.45, 2.75) is 86.7 Å². The second-order valence-corrected chi connectivity index (χ2v) is 7.40. The van der Waals surface area contributed by atoms with Crippen LogP contribution in [0.3, 0.4) is 0 Å². The minimum Gasteiger partial charge on any atom is -0.349 e. The molecule has 1 rings (SSSR count). The van der Waals surface area contributed by atoms with Crippen LogP contribution in [0.15, 0.2) is 12.2 Å². The smallest absolute Gasteiger partial charge is 0.161 e. The Balaban J connectivity index is 2.86. The maximum atomic E-state index is 6.55. The van der Waals surface area contributed by atoms with Crippen molar-refractivity contribution in [3.8, 4) is 0 Å². The second-order valence-electron chi connectivity index (χ2n) is 7.40. The van der Waals surface area contributed by atoms with Crippen molar-refractivity contribution in [1.29, 1.82) is 0 Å². The molecule has 0 spiro atoms. The molecule has 1 aliphatic rings. The molecule has 0 aromatic rings. The topological polar surface area (TPSA) is 18.5 Å². The van der Waals surface area contributed by atoms with E-state index in [1.807, 2.05) is 0 Å². The Bertz CT molecular complexity index is 337. The van der Waals surface area contributed by atoms with E-state index in [4.69, 9.17) is 9.47 Å². The van der Waals surface area contributed by atoms with Crippen LogP contribution in [0.4, 0.5) is 0 Å². The molecule has 2 nitrogen and oxygen atoms in total. The summed E-state index contributed by atoms with van der Waals surface area (Å²) in [6.07, 6.45) is 7.08. The Morgan fingerprint density at radius 2 is 1.68 bits per heavy atom. The van der Waals surface area contributed by atoms with Gasteiger partial charge in [-0.05, 0) is 31.1 Å². The third-order valence-corrected chi connectivity index (χ3v) is 5.90. The van der Waals surface area contributed by atoms with E-state index in [0.29, 0.717) is 35.7 Å². The summed E-state index contributed by atoms with van der Waals surface area (Å²) in [4.78, 5) is 0. The highest BCUT2D eigenvalue weighted by molar-refractivity contribution is 4.91. The third-order valence-electron chi connectivity index (χ3n) is 5.90. The van der Waals surface area contributed by atoms with E-state index in [-0.39, 0.29) is 12.4 Å². The molecule has 0 bridgehead atoms. The molecule has 0 amide bonds. The summed E-state index contributed by atoms with van der Waals surface area (Å²) < 4.78 is 12.9. The van der Waals surface area contributed by atoms with Gasteiger partial charge in [-0.2, -0.15) is 0 Å². The van der Waals surface area contributed by atoms with Crippen LogP contribution in [-0.4, -0.2) is 18.5 Å². The van der Waals surface area contributed by atoms with E-state index in [1.54, 1.807) is 0 Å². The molecule has 1 saturated heterocycles. The third kappa shape index (κ3) is 4.58. The first-order valence-corrected chi connectivity index (χ1v) is 9.30. The lowest BCUT2D eigenvalue weighted by Gasteiger charge is -2.45. The minimum absolute atomic E-state index is 0.0668. The molecule has 8 atom stereocenters. The van der Waals surface area contributed by atoms with Crippen molar-refractivity contribution in [3.05, 3.63) is 12.2 Å². The predicted octanol–water partition coefficient (Wildman–Crippen LogP) is 5.67. The zero-order chi connectivity index (χ0) is 16.9. The highest BCUT2D eigenvalue weighted by Gasteiger charge is 2.40. The van der Waals surface area contributed by atoms with Gasteiger partial charge in [-0.15, -0.1) is 0 Å². The average Bonchev–Trinajstić information content (AvgIpc) is 2.51. The first-order chi connectivity index (χ1) is 10.4. The zero-order valence-corrected chi connectivity index (χ0v) is 16.0. The van der Waals surface area contributed by atoms with Gasteiger partial charge >= 0.3 is 0 Å². The van der Waals surface area contributed by atoms with Crippen LogP contribution >= 0.6 is 0 Å². The van der Waals surface area contributed by atoms with Crippen molar-refractivity contribution < 1.29 is 9.47 Å². The predicted molar refractivity (Wildman–Crippen MR) is 94.8 cm³/mol. The SMILES string of the molecule is C/C=C\C(C)C(O[C@@H]1OC(CC)C(C)C(C)C1C)C(C)CC. The molecule has 0 aromatic heterocycles. The summed E-state index contributed by atoms with van der Waals surface area (Å²) in [5, 5.41) is 0. The van der Waals surface area contributed by atoms with Crippen LogP contribution in [0.1, 0.15) is 68.2 Å². The second kappa shape index (κ2) is 9.08. The number of allylic oxidation sites excluding steroid dienone is 1. The van der Waals surface area contributed by atoms with Gasteiger partial charge in [0.05, 0.1) is 12.2 Å². The lowest BCUT2D eigenvalue weighted by atomic mass is 9.78. The van der Waals surface area contributed by atoms with Gasteiger partial charge in [0.15, 0.2) is 6.29 Å². The summed E-state index contributed by atoms with van der Waals surface area (Å²) >= 11 is 0. The molecular formula is C20H38O2. The fourth-order valence-corrected chi connectivity index (χ4v) is 3.69. The number of ether oxygens (including phenoxy) is 2. The lowest BCUT2D eigenvalue weighted by Crippen LogP contribution is -2.48. The first kappa shape index (κ1) is 19.7. The number of rotatable bonds is 7. The van der Waals surface area contributed by atoms with Gasteiger partial charge in [-0.25, -0.2) is 0 Å². The monoisotopic (exact) mass is 310 g/mol. The maximum absolute atomic E-state index is 6.55. The van der Waals surface area contributed by atoms with Gasteiger partial charge in [-0.3, -0.25) is 0 Å². The molecule has 0 aromatic carbocycles. The van der Waals surface area contributed by atoms with E-state index in [2.05, 4.69) is 67.5 Å². The molecule has 1 aliphatic heterocycles. The summed E-state index contributed by atoms with van der Waals surface area (Å²) in [6, 6.07) is 0. The lowest BCUT2D eigenvalue weighted by molar-refractivity contribution is -0.273. The van der Waals surface area contributed by atoms with Crippen LogP contribution in [0.25, 0.3) is 0 Å². The summed E-state index contributed by atoms with van der Waals surface area (Å²) in [6.45, 7) is 18.1. The van der Waals surface area contributed by atoms with E-state index < -0.39 is 0 Å². The van der Waals surface area contributed by atoms with Crippen molar-refractivity contribution >= 4 is 0 Å². The molecule has 0 radical (unpaired) electrons. The quantitative estimate of drug-likeness (QED) is 0.564. The largest absolute Gasteiger partial charge is 0.349 e. The molecule has 0 N–H and O–H groups in total. The highest BCUT2D eigenvalue weighted by Crippen LogP contribution is 2.38. The van der Waals surface area contributed by atoms with E-state index in [1.165, 1.54) is 0 Å². The number of hydrogen-bond acceptors (Lipinski definition) is 2. The van der Waals surface area contributed by atoms with Crippen molar-refractivity contribution in [2.24, 2.45) is 29.6 Å². The van der Waals surface area contributed by atoms with Gasteiger partial charge in [0.2, 0.25) is 0 Å². The van der Waals surface area contributed by atoms with E-state index in [9.17, 15) is 0 Å². The van der Waals surface area contributed by atoms with E-state index in [0.717, 1.165) is 12.8 Å². The van der Waals surface area contributed by atoms with Crippen molar-refractivity contribution in [3.63, 3.8) is 0 Å². The zero-order valence-electron chi connectivity index (χ0n) is 16.0. The molecule has 1 heterocycles. The first-order valence-electron chi connectivity index (χ1n) is 9.30. The highest BCUT2D eigenvalue weighted by atomic mass is 16.7. The normalized spacial score (nSPS) is 37.2. The Morgan fingerprint density at radius 1 is 1.05 bits per heavy atom. The minimum atomic E-state index is -0.0668. The Morgan fingerprint density at radius 3 is 2.18 bits per heavy atom. The Hall–Kier alpha value is -0.340. The Kier molecular flexibility index (Phi) is 8.13. The molecule has 2 heteroatoms. The molecule has 7 unspecified atom stereocenters. The summed E-state index contributed by atoms with van der Waals surface area (Å²) in [5.41, 5.74) is 0.